The molecule has 0 saturated carbocycles. The van der Waals surface area contributed by atoms with Crippen LogP contribution >= 0.6 is 15.9 Å². The number of halogens is 1. The molecular weight excluding hydrogens is 330 g/mol. The molecule has 0 unspecified atom stereocenters. The van der Waals surface area contributed by atoms with Crippen molar-refractivity contribution in [3.63, 3.8) is 0 Å². The van der Waals surface area contributed by atoms with Gasteiger partial charge in [0.05, 0.1) is 12.3 Å². The minimum Gasteiger partial charge on any atom is -0.400 e. The van der Waals surface area contributed by atoms with E-state index in [-0.39, 0.29) is 11.6 Å². The second-order valence-electron chi connectivity index (χ2n) is 3.64. The Morgan fingerprint density at radius 3 is 2.60 bits per heavy atom. The summed E-state index contributed by atoms with van der Waals surface area (Å²) >= 11 is 3.26. The first kappa shape index (κ1) is 13.9. The van der Waals surface area contributed by atoms with E-state index < -0.39 is 10.8 Å². The number of rotatable bonds is 4. The molecule has 0 aliphatic heterocycles. The highest BCUT2D eigenvalue weighted by Gasteiger charge is 2.10. The highest BCUT2D eigenvalue weighted by Crippen LogP contribution is 2.13. The van der Waals surface area contributed by atoms with Gasteiger partial charge in [0, 0.05) is 10.0 Å². The van der Waals surface area contributed by atoms with E-state index in [1.54, 1.807) is 24.3 Å². The van der Waals surface area contributed by atoms with E-state index in [0.717, 1.165) is 4.47 Å². The molecule has 1 aromatic heterocycles. The summed E-state index contributed by atoms with van der Waals surface area (Å²) in [6.45, 7) is 0. The van der Waals surface area contributed by atoms with Crippen LogP contribution in [0.3, 0.4) is 0 Å². The number of hydrogen-bond donors (Lipinski definition) is 1. The molecule has 1 amide bonds. The van der Waals surface area contributed by atoms with Gasteiger partial charge in [0.1, 0.15) is 4.92 Å². The molecule has 0 atom stereocenters. The van der Waals surface area contributed by atoms with Crippen LogP contribution in [0.25, 0.3) is 0 Å². The number of benzene rings is 1. The van der Waals surface area contributed by atoms with Gasteiger partial charge in [-0.25, -0.2) is 5.43 Å². The van der Waals surface area contributed by atoms with Crippen molar-refractivity contribution < 1.29 is 14.1 Å². The molecule has 0 spiro atoms. The Morgan fingerprint density at radius 2 is 2.00 bits per heavy atom. The summed E-state index contributed by atoms with van der Waals surface area (Å²) in [7, 11) is 0. The van der Waals surface area contributed by atoms with E-state index in [1.165, 1.54) is 18.3 Å². The molecule has 102 valence electrons. The lowest BCUT2D eigenvalue weighted by Gasteiger charge is -1.98. The maximum absolute atomic E-state index is 11.7. The van der Waals surface area contributed by atoms with Crippen LogP contribution in [0.1, 0.15) is 16.1 Å². The summed E-state index contributed by atoms with van der Waals surface area (Å²) in [5, 5.41) is 14.1. The van der Waals surface area contributed by atoms with Crippen molar-refractivity contribution in [3.8, 4) is 0 Å². The fourth-order valence-electron chi connectivity index (χ4n) is 1.33. The smallest absolute Gasteiger partial charge is 0.400 e. The quantitative estimate of drug-likeness (QED) is 0.526. The third-order valence-corrected chi connectivity index (χ3v) is 2.79. The number of hydrogen-bond acceptors (Lipinski definition) is 5. The van der Waals surface area contributed by atoms with E-state index >= 15 is 0 Å². The maximum Gasteiger partial charge on any atom is 0.433 e. The van der Waals surface area contributed by atoms with E-state index in [2.05, 4.69) is 26.5 Å². The van der Waals surface area contributed by atoms with Crippen LogP contribution in [0.5, 0.6) is 0 Å². The molecule has 0 radical (unpaired) electrons. The number of nitro groups is 1. The van der Waals surface area contributed by atoms with Crippen LogP contribution in [-0.4, -0.2) is 17.0 Å². The summed E-state index contributed by atoms with van der Waals surface area (Å²) in [6.07, 6.45) is 1.18. The van der Waals surface area contributed by atoms with Gasteiger partial charge in [0.25, 0.3) is 5.91 Å². The predicted molar refractivity (Wildman–Crippen MR) is 74.6 cm³/mol. The van der Waals surface area contributed by atoms with Gasteiger partial charge in [-0.05, 0) is 30.3 Å². The predicted octanol–water partition coefficient (Wildman–Crippen LogP) is 2.71. The molecule has 0 saturated heterocycles. The zero-order valence-electron chi connectivity index (χ0n) is 9.95. The largest absolute Gasteiger partial charge is 0.433 e. The Bertz CT molecular complexity index is 664. The molecule has 1 heterocycles. The van der Waals surface area contributed by atoms with Gasteiger partial charge in [0.2, 0.25) is 0 Å². The number of hydrazone groups is 1. The second-order valence-corrected chi connectivity index (χ2v) is 4.55. The lowest BCUT2D eigenvalue weighted by atomic mass is 10.2. The molecule has 7 nitrogen and oxygen atoms in total. The van der Waals surface area contributed by atoms with Crippen LogP contribution in [0.2, 0.25) is 0 Å². The SMILES string of the molecule is O=C(N/N=C/c1ccc([N+](=O)[O-])o1)c1ccc(Br)cc1. The maximum atomic E-state index is 11.7. The van der Waals surface area contributed by atoms with E-state index in [9.17, 15) is 14.9 Å². The van der Waals surface area contributed by atoms with Crippen LogP contribution in [-0.2, 0) is 0 Å². The molecule has 1 N–H and O–H groups in total. The van der Waals surface area contributed by atoms with Crippen molar-refractivity contribution in [3.05, 3.63) is 62.3 Å². The third-order valence-electron chi connectivity index (χ3n) is 2.26. The first-order valence-electron chi connectivity index (χ1n) is 5.39. The lowest BCUT2D eigenvalue weighted by Crippen LogP contribution is -2.17. The van der Waals surface area contributed by atoms with Gasteiger partial charge in [-0.1, -0.05) is 15.9 Å². The first-order valence-corrected chi connectivity index (χ1v) is 6.19. The van der Waals surface area contributed by atoms with Crippen LogP contribution < -0.4 is 5.43 Å². The highest BCUT2D eigenvalue weighted by atomic mass is 79.9. The summed E-state index contributed by atoms with van der Waals surface area (Å²) in [6, 6.07) is 9.31. The standard InChI is InChI=1S/C12H8BrN3O4/c13-9-3-1-8(2-4-9)12(17)15-14-7-10-5-6-11(20-10)16(18)19/h1-7H,(H,15,17)/b14-7+. The van der Waals surface area contributed by atoms with Crippen LogP contribution in [0.4, 0.5) is 5.88 Å². The molecule has 1 aromatic carbocycles. The minimum atomic E-state index is -0.655. The fourth-order valence-corrected chi connectivity index (χ4v) is 1.59. The van der Waals surface area contributed by atoms with Gasteiger partial charge in [-0.2, -0.15) is 5.10 Å². The molecule has 0 aliphatic rings. The Morgan fingerprint density at radius 1 is 1.30 bits per heavy atom. The van der Waals surface area contributed by atoms with E-state index in [1.807, 2.05) is 0 Å². The van der Waals surface area contributed by atoms with Crippen LogP contribution in [0, 0.1) is 10.1 Å². The second kappa shape index (κ2) is 6.11. The number of amides is 1. The third kappa shape index (κ3) is 3.51. The first-order chi connectivity index (χ1) is 9.56. The zero-order chi connectivity index (χ0) is 14.5. The van der Waals surface area contributed by atoms with E-state index in [0.29, 0.717) is 5.56 Å². The fraction of sp³-hybridized carbons (Fsp3) is 0. The minimum absolute atomic E-state index is 0.174. The number of carbonyl (C=O) groups is 1. The average molecular weight is 338 g/mol. The summed E-state index contributed by atoms with van der Waals surface area (Å²) in [5.41, 5.74) is 2.73. The Balaban J connectivity index is 1.97. The lowest BCUT2D eigenvalue weighted by molar-refractivity contribution is -0.402. The van der Waals surface area contributed by atoms with Gasteiger partial charge in [-0.15, -0.1) is 0 Å². The molecule has 8 heteroatoms. The Labute approximate surface area is 121 Å². The van der Waals surface area contributed by atoms with Crippen molar-refractivity contribution in [2.45, 2.75) is 0 Å². The molecule has 2 aromatic rings. The molecule has 20 heavy (non-hydrogen) atoms. The number of nitrogens with zero attached hydrogens (tertiary/aromatic N) is 2. The monoisotopic (exact) mass is 337 g/mol. The Kier molecular flexibility index (Phi) is 4.26. The van der Waals surface area contributed by atoms with Crippen molar-refractivity contribution in [2.24, 2.45) is 5.10 Å². The van der Waals surface area contributed by atoms with Crippen molar-refractivity contribution >= 4 is 33.9 Å². The van der Waals surface area contributed by atoms with Gasteiger partial charge < -0.3 is 4.42 Å². The summed E-state index contributed by atoms with van der Waals surface area (Å²) < 4.78 is 5.70. The topological polar surface area (TPSA) is 97.7 Å². The van der Waals surface area contributed by atoms with Crippen LogP contribution in [0.15, 0.2) is 50.4 Å². The van der Waals surface area contributed by atoms with Gasteiger partial charge in [-0.3, -0.25) is 14.9 Å². The highest BCUT2D eigenvalue weighted by molar-refractivity contribution is 9.10. The summed E-state index contributed by atoms with van der Waals surface area (Å²) in [5.74, 6) is -0.603. The summed E-state index contributed by atoms with van der Waals surface area (Å²) in [4.78, 5) is 21.4. The zero-order valence-corrected chi connectivity index (χ0v) is 11.5. The van der Waals surface area contributed by atoms with E-state index in [4.69, 9.17) is 4.42 Å². The molecular formula is C12H8BrN3O4. The van der Waals surface area contributed by atoms with Crippen molar-refractivity contribution in [1.82, 2.24) is 5.43 Å². The molecule has 2 rings (SSSR count). The molecule has 0 fully saturated rings. The average Bonchev–Trinajstić information content (AvgIpc) is 2.88. The van der Waals surface area contributed by atoms with Gasteiger partial charge in [0.15, 0.2) is 5.76 Å². The van der Waals surface area contributed by atoms with Crippen molar-refractivity contribution in [2.75, 3.05) is 0 Å². The van der Waals surface area contributed by atoms with Crippen molar-refractivity contribution in [1.29, 1.82) is 0 Å². The molecule has 0 aliphatic carbocycles. The normalized spacial score (nSPS) is 10.7. The van der Waals surface area contributed by atoms with Gasteiger partial charge >= 0.3 is 5.88 Å². The number of furan rings is 1. The number of nitrogens with one attached hydrogen (secondary N) is 1. The Hall–Kier alpha value is -2.48. The number of carbonyl (C=O) groups excluding carboxylic acids is 1. The molecule has 0 bridgehead atoms.